The van der Waals surface area contributed by atoms with Crippen LogP contribution in [0.4, 0.5) is 5.82 Å². The zero-order chi connectivity index (χ0) is 14.3. The van der Waals surface area contributed by atoms with E-state index >= 15 is 0 Å². The van der Waals surface area contributed by atoms with Crippen LogP contribution >= 0.6 is 0 Å². The highest BCUT2D eigenvalue weighted by Gasteiger charge is 2.35. The molecule has 0 aliphatic carbocycles. The van der Waals surface area contributed by atoms with E-state index in [1.54, 1.807) is 12.1 Å². The molecule has 0 fully saturated rings. The minimum absolute atomic E-state index is 0.0397. The van der Waals surface area contributed by atoms with Gasteiger partial charge in [-0.15, -0.1) is 5.10 Å². The van der Waals surface area contributed by atoms with Gasteiger partial charge in [-0.1, -0.05) is 18.2 Å². The lowest BCUT2D eigenvalue weighted by atomic mass is 9.98. The molecule has 3 rings (SSSR count). The van der Waals surface area contributed by atoms with Crippen molar-refractivity contribution in [1.29, 1.82) is 5.26 Å². The molecular weight excluding hydrogens is 256 g/mol. The van der Waals surface area contributed by atoms with Crippen molar-refractivity contribution in [2.75, 3.05) is 5.73 Å². The van der Waals surface area contributed by atoms with E-state index in [0.717, 1.165) is 0 Å². The van der Waals surface area contributed by atoms with Gasteiger partial charge in [0.2, 0.25) is 0 Å². The van der Waals surface area contributed by atoms with E-state index in [1.165, 1.54) is 4.68 Å². The first kappa shape index (κ1) is 11.9. The van der Waals surface area contributed by atoms with Crippen molar-refractivity contribution in [3.05, 3.63) is 41.6 Å². The second kappa shape index (κ2) is 4.20. The predicted molar refractivity (Wildman–Crippen MR) is 72.3 cm³/mol. The highest BCUT2D eigenvalue weighted by atomic mass is 16.1. The third kappa shape index (κ3) is 1.55. The fraction of sp³-hybridized carbons (Fsp3) is 0.0769. The van der Waals surface area contributed by atoms with Gasteiger partial charge in [0.1, 0.15) is 17.3 Å². The molecule has 7 heteroatoms. The molecular formula is C13H10N6O. The van der Waals surface area contributed by atoms with E-state index < -0.39 is 11.8 Å². The number of nitrogen functional groups attached to an aromatic ring is 1. The minimum atomic E-state index is -0.840. The molecule has 1 aromatic heterocycles. The van der Waals surface area contributed by atoms with Crippen LogP contribution in [0.25, 0.3) is 5.69 Å². The topological polar surface area (TPSA) is 123 Å². The number of amides is 1. The van der Waals surface area contributed by atoms with Gasteiger partial charge < -0.3 is 11.5 Å². The Morgan fingerprint density at radius 2 is 1.95 bits per heavy atom. The summed E-state index contributed by atoms with van der Waals surface area (Å²) in [5.74, 6) is -1.40. The van der Waals surface area contributed by atoms with Crippen LogP contribution in [0.1, 0.15) is 22.0 Å². The van der Waals surface area contributed by atoms with Gasteiger partial charge >= 0.3 is 0 Å². The monoisotopic (exact) mass is 266 g/mol. The summed E-state index contributed by atoms with van der Waals surface area (Å²) in [6, 6.07) is 11.1. The van der Waals surface area contributed by atoms with Gasteiger partial charge in [-0.25, -0.2) is 4.68 Å². The lowest BCUT2D eigenvalue weighted by molar-refractivity contribution is 0.1000. The van der Waals surface area contributed by atoms with Crippen LogP contribution in [0.15, 0.2) is 35.3 Å². The van der Waals surface area contributed by atoms with Crippen molar-refractivity contribution in [3.63, 3.8) is 0 Å². The quantitative estimate of drug-likeness (QED) is 0.781. The highest BCUT2D eigenvalue weighted by Crippen LogP contribution is 2.31. The molecule has 4 N–H and O–H groups in total. The van der Waals surface area contributed by atoms with E-state index in [1.807, 2.05) is 24.3 Å². The van der Waals surface area contributed by atoms with Crippen molar-refractivity contribution in [2.45, 2.75) is 5.92 Å². The summed E-state index contributed by atoms with van der Waals surface area (Å²) in [6.45, 7) is 0. The van der Waals surface area contributed by atoms with Gasteiger partial charge in [-0.2, -0.15) is 10.3 Å². The van der Waals surface area contributed by atoms with Crippen molar-refractivity contribution in [3.8, 4) is 11.8 Å². The molecule has 2 heterocycles. The maximum atomic E-state index is 11.9. The summed E-state index contributed by atoms with van der Waals surface area (Å²) >= 11 is 0. The van der Waals surface area contributed by atoms with Gasteiger partial charge in [0.15, 0.2) is 5.82 Å². The molecule has 2 aromatic rings. The predicted octanol–water partition coefficient (Wildman–Crippen LogP) is 0.573. The Morgan fingerprint density at radius 3 is 2.60 bits per heavy atom. The van der Waals surface area contributed by atoms with Gasteiger partial charge in [0.25, 0.3) is 5.91 Å². The van der Waals surface area contributed by atoms with Crippen LogP contribution in [-0.4, -0.2) is 21.5 Å². The Labute approximate surface area is 114 Å². The van der Waals surface area contributed by atoms with Crippen molar-refractivity contribution in [1.82, 2.24) is 9.78 Å². The fourth-order valence-electron chi connectivity index (χ4n) is 2.21. The second-order valence-electron chi connectivity index (χ2n) is 4.30. The Bertz CT molecular complexity index is 768. The van der Waals surface area contributed by atoms with E-state index in [-0.39, 0.29) is 17.2 Å². The number of carbonyl (C=O) groups is 1. The summed E-state index contributed by atoms with van der Waals surface area (Å²) in [7, 11) is 0. The molecule has 0 radical (unpaired) electrons. The van der Waals surface area contributed by atoms with Crippen LogP contribution in [0.5, 0.6) is 0 Å². The summed E-state index contributed by atoms with van der Waals surface area (Å²) in [4.78, 5) is 15.6. The number of para-hydroxylation sites is 1. The number of nitriles is 1. The van der Waals surface area contributed by atoms with E-state index in [2.05, 4.69) is 10.1 Å². The Kier molecular flexibility index (Phi) is 2.51. The molecule has 20 heavy (non-hydrogen) atoms. The second-order valence-corrected chi connectivity index (χ2v) is 4.30. The standard InChI is InChI=1S/C13H10N6O/c14-6-8-10-9(13(20)17-11(8)15)12(16)18-19(10)7-4-2-1-3-5-7/h1-5,8H,(H2,16,18)(H2,15,17,20). The number of aliphatic imine (C=N–C) groups is 1. The molecule has 1 unspecified atom stereocenters. The number of amidine groups is 1. The summed E-state index contributed by atoms with van der Waals surface area (Å²) in [5, 5.41) is 13.4. The van der Waals surface area contributed by atoms with Crippen LogP contribution in [0.3, 0.4) is 0 Å². The van der Waals surface area contributed by atoms with Crippen LogP contribution < -0.4 is 11.5 Å². The lowest BCUT2D eigenvalue weighted by Crippen LogP contribution is -2.29. The molecule has 1 aliphatic rings. The third-order valence-corrected chi connectivity index (χ3v) is 3.09. The molecule has 7 nitrogen and oxygen atoms in total. The maximum absolute atomic E-state index is 11.9. The Hall–Kier alpha value is -3.14. The maximum Gasteiger partial charge on any atom is 0.284 e. The van der Waals surface area contributed by atoms with Crippen molar-refractivity contribution >= 4 is 17.6 Å². The minimum Gasteiger partial charge on any atom is -0.386 e. The summed E-state index contributed by atoms with van der Waals surface area (Å²) < 4.78 is 1.47. The number of anilines is 1. The number of benzene rings is 1. The normalized spacial score (nSPS) is 17.2. The van der Waals surface area contributed by atoms with Crippen LogP contribution in [0, 0.1) is 11.3 Å². The molecule has 0 spiro atoms. The molecule has 1 aliphatic heterocycles. The van der Waals surface area contributed by atoms with E-state index in [0.29, 0.717) is 11.4 Å². The number of nitrogens with zero attached hydrogens (tertiary/aromatic N) is 4. The van der Waals surface area contributed by atoms with Crippen molar-refractivity contribution < 1.29 is 4.79 Å². The molecule has 1 atom stereocenters. The number of carbonyl (C=O) groups excluding carboxylic acids is 1. The molecule has 98 valence electrons. The molecule has 0 saturated carbocycles. The van der Waals surface area contributed by atoms with Gasteiger partial charge in [-0.3, -0.25) is 4.79 Å². The van der Waals surface area contributed by atoms with E-state index in [4.69, 9.17) is 11.5 Å². The third-order valence-electron chi connectivity index (χ3n) is 3.09. The number of hydrogen-bond acceptors (Lipinski definition) is 5. The zero-order valence-corrected chi connectivity index (χ0v) is 10.3. The molecule has 1 aromatic carbocycles. The van der Waals surface area contributed by atoms with Crippen LogP contribution in [-0.2, 0) is 0 Å². The van der Waals surface area contributed by atoms with E-state index in [9.17, 15) is 10.1 Å². The fourth-order valence-corrected chi connectivity index (χ4v) is 2.21. The lowest BCUT2D eigenvalue weighted by Gasteiger charge is -2.16. The smallest absolute Gasteiger partial charge is 0.284 e. The number of hydrogen-bond donors (Lipinski definition) is 2. The number of aromatic nitrogens is 2. The molecule has 0 saturated heterocycles. The SMILES string of the molecule is N#CC1C(N)=NC(=O)c2c(N)nn(-c3ccccc3)c21. The average Bonchev–Trinajstić information content (AvgIpc) is 2.78. The van der Waals surface area contributed by atoms with Gasteiger partial charge in [0.05, 0.1) is 17.5 Å². The zero-order valence-electron chi connectivity index (χ0n) is 10.3. The van der Waals surface area contributed by atoms with Crippen molar-refractivity contribution in [2.24, 2.45) is 10.7 Å². The largest absolute Gasteiger partial charge is 0.386 e. The molecule has 1 amide bonds. The number of fused-ring (bicyclic) bond motifs is 1. The van der Waals surface area contributed by atoms with Crippen LogP contribution in [0.2, 0.25) is 0 Å². The summed E-state index contributed by atoms with van der Waals surface area (Å²) in [5.41, 5.74) is 12.7. The average molecular weight is 266 g/mol. The van der Waals surface area contributed by atoms with Gasteiger partial charge in [-0.05, 0) is 12.1 Å². The summed E-state index contributed by atoms with van der Waals surface area (Å²) in [6.07, 6.45) is 0. The first-order chi connectivity index (χ1) is 9.63. The Morgan fingerprint density at radius 1 is 1.25 bits per heavy atom. The first-order valence-electron chi connectivity index (χ1n) is 5.85. The Balaban J connectivity index is 2.31. The highest BCUT2D eigenvalue weighted by molar-refractivity contribution is 6.12. The number of nitrogens with two attached hydrogens (primary N) is 2. The first-order valence-corrected chi connectivity index (χ1v) is 5.85. The van der Waals surface area contributed by atoms with Gasteiger partial charge in [0, 0.05) is 0 Å². The molecule has 0 bridgehead atoms. The number of rotatable bonds is 1.